The Bertz CT molecular complexity index is 666. The molecule has 0 aliphatic heterocycles. The monoisotopic (exact) mass is 296 g/mol. The summed E-state index contributed by atoms with van der Waals surface area (Å²) in [5.74, 6) is -0.144. The lowest BCUT2D eigenvalue weighted by Crippen LogP contribution is -2.13. The quantitative estimate of drug-likeness (QED) is 0.876. The Kier molecular flexibility index (Phi) is 5.31. The maximum atomic E-state index is 12.1. The molecule has 0 atom stereocenters. The average Bonchev–Trinajstić information content (AvgIpc) is 2.51. The first-order chi connectivity index (χ1) is 10.6. The van der Waals surface area contributed by atoms with Crippen LogP contribution in [0.2, 0.25) is 0 Å². The first-order valence-corrected chi connectivity index (χ1v) is 7.37. The lowest BCUT2D eigenvalue weighted by Gasteiger charge is -2.11. The van der Waals surface area contributed by atoms with Crippen molar-refractivity contribution in [1.29, 1.82) is 0 Å². The summed E-state index contributed by atoms with van der Waals surface area (Å²) < 4.78 is 0. The Hall–Kier alpha value is -2.62. The minimum Gasteiger partial charge on any atom is -0.326 e. The molecule has 4 heteroatoms. The Morgan fingerprint density at radius 1 is 1.00 bits per heavy atom. The van der Waals surface area contributed by atoms with E-state index in [0.29, 0.717) is 12.0 Å². The van der Waals surface area contributed by atoms with Gasteiger partial charge in [0.15, 0.2) is 0 Å². The van der Waals surface area contributed by atoms with E-state index in [9.17, 15) is 9.59 Å². The lowest BCUT2D eigenvalue weighted by molar-refractivity contribution is -0.116. The van der Waals surface area contributed by atoms with Crippen LogP contribution in [0.5, 0.6) is 0 Å². The molecule has 2 N–H and O–H groups in total. The van der Waals surface area contributed by atoms with E-state index in [2.05, 4.69) is 10.6 Å². The molecule has 0 unspecified atom stereocenters. The fraction of sp³-hybridized carbons (Fsp3) is 0.222. The molecule has 2 amide bonds. The Balaban J connectivity index is 2.07. The third kappa shape index (κ3) is 4.19. The predicted octanol–water partition coefficient (Wildman–Crippen LogP) is 3.99. The van der Waals surface area contributed by atoms with Crippen molar-refractivity contribution in [2.75, 3.05) is 10.6 Å². The maximum absolute atomic E-state index is 12.1. The maximum Gasteiger partial charge on any atom is 0.255 e. The van der Waals surface area contributed by atoms with Gasteiger partial charge >= 0.3 is 0 Å². The molecule has 0 heterocycles. The van der Waals surface area contributed by atoms with Crippen LogP contribution in [0.1, 0.15) is 35.7 Å². The van der Waals surface area contributed by atoms with Gasteiger partial charge in [-0.2, -0.15) is 0 Å². The molecular formula is C18H20N2O2. The smallest absolute Gasteiger partial charge is 0.255 e. The van der Waals surface area contributed by atoms with Crippen LogP contribution >= 0.6 is 0 Å². The van der Waals surface area contributed by atoms with E-state index in [1.807, 2.05) is 38.1 Å². The number of nitrogens with one attached hydrogen (secondary N) is 2. The molecule has 4 nitrogen and oxygen atoms in total. The van der Waals surface area contributed by atoms with Crippen LogP contribution in [0.25, 0.3) is 0 Å². The van der Waals surface area contributed by atoms with Gasteiger partial charge in [-0.05, 0) is 49.2 Å². The molecule has 2 aromatic carbocycles. The van der Waals surface area contributed by atoms with Crippen molar-refractivity contribution in [3.05, 3.63) is 59.7 Å². The highest BCUT2D eigenvalue weighted by atomic mass is 16.2. The van der Waals surface area contributed by atoms with Crippen molar-refractivity contribution in [2.24, 2.45) is 0 Å². The molecule has 0 radical (unpaired) electrons. The average molecular weight is 296 g/mol. The van der Waals surface area contributed by atoms with Gasteiger partial charge in [0.25, 0.3) is 5.91 Å². The van der Waals surface area contributed by atoms with Crippen molar-refractivity contribution in [2.45, 2.75) is 26.7 Å². The van der Waals surface area contributed by atoms with Crippen molar-refractivity contribution >= 4 is 23.2 Å². The highest BCUT2D eigenvalue weighted by Crippen LogP contribution is 2.20. The van der Waals surface area contributed by atoms with Crippen molar-refractivity contribution in [3.63, 3.8) is 0 Å². The van der Waals surface area contributed by atoms with Crippen LogP contribution in [0, 0.1) is 6.92 Å². The highest BCUT2D eigenvalue weighted by molar-refractivity contribution is 6.04. The molecule has 0 fully saturated rings. The number of aryl methyl sites for hydroxylation is 1. The summed E-state index contributed by atoms with van der Waals surface area (Å²) in [6.45, 7) is 3.86. The van der Waals surface area contributed by atoms with Gasteiger partial charge in [0.1, 0.15) is 0 Å². The number of hydrogen-bond donors (Lipinski definition) is 2. The van der Waals surface area contributed by atoms with Gasteiger partial charge in [0.05, 0.1) is 0 Å². The second-order valence-electron chi connectivity index (χ2n) is 5.15. The number of benzene rings is 2. The van der Waals surface area contributed by atoms with Gasteiger partial charge < -0.3 is 10.6 Å². The molecule has 2 aromatic rings. The summed E-state index contributed by atoms with van der Waals surface area (Å²) >= 11 is 0. The molecule has 114 valence electrons. The van der Waals surface area contributed by atoms with E-state index in [1.165, 1.54) is 0 Å². The summed E-state index contributed by atoms with van der Waals surface area (Å²) in [6.07, 6.45) is 1.32. The van der Waals surface area contributed by atoms with Gasteiger partial charge in [-0.15, -0.1) is 0 Å². The van der Waals surface area contributed by atoms with Crippen LogP contribution in [-0.4, -0.2) is 11.8 Å². The molecule has 2 rings (SSSR count). The fourth-order valence-corrected chi connectivity index (χ4v) is 2.12. The lowest BCUT2D eigenvalue weighted by atomic mass is 10.1. The van der Waals surface area contributed by atoms with Crippen LogP contribution in [0.4, 0.5) is 11.4 Å². The number of carbonyl (C=O) groups is 2. The Morgan fingerprint density at radius 2 is 1.73 bits per heavy atom. The molecule has 0 spiro atoms. The van der Waals surface area contributed by atoms with Crippen LogP contribution in [-0.2, 0) is 4.79 Å². The topological polar surface area (TPSA) is 58.2 Å². The molecule has 0 saturated heterocycles. The number of amides is 2. The number of carbonyl (C=O) groups excluding carboxylic acids is 2. The van der Waals surface area contributed by atoms with Crippen molar-refractivity contribution in [1.82, 2.24) is 0 Å². The zero-order valence-electron chi connectivity index (χ0n) is 12.8. The van der Waals surface area contributed by atoms with E-state index in [1.54, 1.807) is 24.3 Å². The minimum absolute atomic E-state index is 0.00275. The fourth-order valence-electron chi connectivity index (χ4n) is 2.12. The standard InChI is InChI=1S/C18H20N2O2/c1-3-7-17(21)19-15-10-11-16(13(2)12-15)20-18(22)14-8-5-4-6-9-14/h4-6,8-12H,3,7H2,1-2H3,(H,19,21)(H,20,22). The van der Waals surface area contributed by atoms with Gasteiger partial charge in [-0.1, -0.05) is 25.1 Å². The Labute approximate surface area is 130 Å². The summed E-state index contributed by atoms with van der Waals surface area (Å²) in [5.41, 5.74) is 3.00. The third-order valence-corrected chi connectivity index (χ3v) is 3.27. The predicted molar refractivity (Wildman–Crippen MR) is 89.1 cm³/mol. The second-order valence-corrected chi connectivity index (χ2v) is 5.15. The zero-order chi connectivity index (χ0) is 15.9. The third-order valence-electron chi connectivity index (χ3n) is 3.27. The Morgan fingerprint density at radius 3 is 2.36 bits per heavy atom. The number of hydrogen-bond acceptors (Lipinski definition) is 2. The van der Waals surface area contributed by atoms with Gasteiger partial charge in [0, 0.05) is 23.4 Å². The number of rotatable bonds is 5. The summed E-state index contributed by atoms with van der Waals surface area (Å²) in [5, 5.41) is 5.72. The van der Waals surface area contributed by atoms with Crippen LogP contribution in [0.15, 0.2) is 48.5 Å². The van der Waals surface area contributed by atoms with E-state index < -0.39 is 0 Å². The zero-order valence-corrected chi connectivity index (χ0v) is 12.8. The molecule has 0 aromatic heterocycles. The highest BCUT2D eigenvalue weighted by Gasteiger charge is 2.08. The first-order valence-electron chi connectivity index (χ1n) is 7.37. The van der Waals surface area contributed by atoms with Crippen LogP contribution < -0.4 is 10.6 Å². The largest absolute Gasteiger partial charge is 0.326 e. The van der Waals surface area contributed by atoms with Crippen molar-refractivity contribution < 1.29 is 9.59 Å². The summed E-state index contributed by atoms with van der Waals surface area (Å²) in [7, 11) is 0. The van der Waals surface area contributed by atoms with Gasteiger partial charge in [-0.25, -0.2) is 0 Å². The van der Waals surface area contributed by atoms with Crippen molar-refractivity contribution in [3.8, 4) is 0 Å². The van der Waals surface area contributed by atoms with E-state index in [-0.39, 0.29) is 11.8 Å². The summed E-state index contributed by atoms with van der Waals surface area (Å²) in [6, 6.07) is 14.5. The van der Waals surface area contributed by atoms with Gasteiger partial charge in [0.2, 0.25) is 5.91 Å². The SMILES string of the molecule is CCCC(=O)Nc1ccc(NC(=O)c2ccccc2)c(C)c1. The molecule has 0 saturated carbocycles. The van der Waals surface area contributed by atoms with Gasteiger partial charge in [-0.3, -0.25) is 9.59 Å². The first kappa shape index (κ1) is 15.8. The minimum atomic E-state index is -0.147. The number of anilines is 2. The van der Waals surface area contributed by atoms with E-state index >= 15 is 0 Å². The molecule has 0 aliphatic carbocycles. The molecule has 22 heavy (non-hydrogen) atoms. The van der Waals surface area contributed by atoms with E-state index in [0.717, 1.165) is 23.4 Å². The molecule has 0 bridgehead atoms. The van der Waals surface area contributed by atoms with E-state index in [4.69, 9.17) is 0 Å². The van der Waals surface area contributed by atoms with Crippen LogP contribution in [0.3, 0.4) is 0 Å². The summed E-state index contributed by atoms with van der Waals surface area (Å²) in [4.78, 5) is 23.7. The second kappa shape index (κ2) is 7.41. The normalized spacial score (nSPS) is 10.1. The molecule has 0 aliphatic rings. The molecular weight excluding hydrogens is 276 g/mol.